The van der Waals surface area contributed by atoms with Crippen LogP contribution in [0.15, 0.2) is 80.4 Å². The zero-order valence-electron chi connectivity index (χ0n) is 19.1. The molecule has 0 radical (unpaired) electrons. The molecule has 0 bridgehead atoms. The number of pyridine rings is 1. The number of hydrogen-bond donors (Lipinski definition) is 1. The summed E-state index contributed by atoms with van der Waals surface area (Å²) >= 11 is 7.10. The zero-order chi connectivity index (χ0) is 26.8. The van der Waals surface area contributed by atoms with Gasteiger partial charge in [0.2, 0.25) is 10.0 Å². The Morgan fingerprint density at radius 2 is 1.54 bits per heavy atom. The van der Waals surface area contributed by atoms with Crippen molar-refractivity contribution in [2.75, 3.05) is 17.8 Å². The molecule has 2 heterocycles. The predicted octanol–water partition coefficient (Wildman–Crippen LogP) is 5.88. The van der Waals surface area contributed by atoms with Crippen molar-refractivity contribution in [2.45, 2.75) is 45.0 Å². The number of nitrogens with zero attached hydrogens (tertiary/aromatic N) is 2. The standard InChI is InChI=1S/C23H21ClF3N3O4S3/c24-20-14-16(23(25,26)27)4-10-21(20)36(31,32)29-22-11-7-18(15-28-22)35-17-5-8-19(9-6-17)37(33,34)30-12-2-1-3-13-30/h4-11,14-15H,1-3,12-13H2,(H,28,29). The number of sulfonamides is 2. The summed E-state index contributed by atoms with van der Waals surface area (Å²) in [4.78, 5) is 5.18. The highest BCUT2D eigenvalue weighted by Gasteiger charge is 2.32. The van der Waals surface area contributed by atoms with Gasteiger partial charge < -0.3 is 0 Å². The molecule has 1 saturated heterocycles. The van der Waals surface area contributed by atoms with Crippen LogP contribution in [0.4, 0.5) is 19.0 Å². The van der Waals surface area contributed by atoms with Crippen molar-refractivity contribution in [3.63, 3.8) is 0 Å². The molecule has 0 unspecified atom stereocenters. The second-order valence-electron chi connectivity index (χ2n) is 8.17. The van der Waals surface area contributed by atoms with Crippen LogP contribution >= 0.6 is 23.4 Å². The summed E-state index contributed by atoms with van der Waals surface area (Å²) in [6, 6.07) is 11.4. The molecule has 0 atom stereocenters. The zero-order valence-corrected chi connectivity index (χ0v) is 22.3. The quantitative estimate of drug-likeness (QED) is 0.369. The molecule has 198 valence electrons. The van der Waals surface area contributed by atoms with Crippen LogP contribution in [0.25, 0.3) is 0 Å². The van der Waals surface area contributed by atoms with Crippen molar-refractivity contribution in [3.8, 4) is 0 Å². The second kappa shape index (κ2) is 10.8. The first-order valence-corrected chi connectivity index (χ1v) is 15.1. The normalized spacial score (nSPS) is 15.5. The maximum absolute atomic E-state index is 12.8. The lowest BCUT2D eigenvalue weighted by molar-refractivity contribution is -0.137. The molecule has 1 aromatic heterocycles. The molecule has 0 spiro atoms. The number of anilines is 1. The second-order valence-corrected chi connectivity index (χ2v) is 13.3. The summed E-state index contributed by atoms with van der Waals surface area (Å²) in [5.41, 5.74) is -1.06. The van der Waals surface area contributed by atoms with E-state index in [-0.39, 0.29) is 10.7 Å². The summed E-state index contributed by atoms with van der Waals surface area (Å²) < 4.78 is 93.0. The minimum atomic E-state index is -4.66. The Morgan fingerprint density at radius 1 is 0.892 bits per heavy atom. The van der Waals surface area contributed by atoms with Gasteiger partial charge in [-0.2, -0.15) is 17.5 Å². The van der Waals surface area contributed by atoms with Gasteiger partial charge in [-0.05, 0) is 67.4 Å². The highest BCUT2D eigenvalue weighted by Crippen LogP contribution is 2.34. The molecule has 0 saturated carbocycles. The van der Waals surface area contributed by atoms with E-state index in [1.54, 1.807) is 30.3 Å². The van der Waals surface area contributed by atoms with Gasteiger partial charge in [0, 0.05) is 29.1 Å². The molecule has 1 fully saturated rings. The van der Waals surface area contributed by atoms with Gasteiger partial charge in [-0.25, -0.2) is 21.8 Å². The van der Waals surface area contributed by atoms with Gasteiger partial charge in [0.1, 0.15) is 10.7 Å². The van der Waals surface area contributed by atoms with Crippen LogP contribution < -0.4 is 4.72 Å². The number of halogens is 4. The van der Waals surface area contributed by atoms with Crippen LogP contribution in [-0.2, 0) is 26.2 Å². The average Bonchev–Trinajstić information content (AvgIpc) is 2.85. The first kappa shape index (κ1) is 27.7. The minimum absolute atomic E-state index is 0.0525. The summed E-state index contributed by atoms with van der Waals surface area (Å²) in [6.45, 7) is 1.04. The summed E-state index contributed by atoms with van der Waals surface area (Å²) in [5.74, 6) is -0.0525. The first-order chi connectivity index (χ1) is 17.4. The predicted molar refractivity (Wildman–Crippen MR) is 135 cm³/mol. The molecule has 7 nitrogen and oxygen atoms in total. The average molecular weight is 592 g/mol. The third-order valence-electron chi connectivity index (χ3n) is 5.54. The topological polar surface area (TPSA) is 96.4 Å². The van der Waals surface area contributed by atoms with Crippen LogP contribution in [0.5, 0.6) is 0 Å². The molecule has 1 N–H and O–H groups in total. The van der Waals surface area contributed by atoms with Crippen LogP contribution in [-0.4, -0.2) is 39.2 Å². The van der Waals surface area contributed by atoms with Gasteiger partial charge in [0.05, 0.1) is 15.5 Å². The Hall–Kier alpha value is -2.32. The van der Waals surface area contributed by atoms with Gasteiger partial charge in [-0.15, -0.1) is 0 Å². The fourth-order valence-electron chi connectivity index (χ4n) is 3.66. The van der Waals surface area contributed by atoms with Crippen molar-refractivity contribution in [3.05, 3.63) is 71.4 Å². The van der Waals surface area contributed by atoms with Gasteiger partial charge in [-0.1, -0.05) is 29.8 Å². The molecular formula is C23H21ClF3N3O4S3. The molecule has 14 heteroatoms. The molecule has 0 aliphatic carbocycles. The maximum atomic E-state index is 12.8. The minimum Gasteiger partial charge on any atom is -0.263 e. The lowest BCUT2D eigenvalue weighted by Crippen LogP contribution is -2.35. The van der Waals surface area contributed by atoms with Gasteiger partial charge >= 0.3 is 6.18 Å². The number of rotatable bonds is 7. The lowest BCUT2D eigenvalue weighted by atomic mass is 10.2. The highest BCUT2D eigenvalue weighted by atomic mass is 35.5. The lowest BCUT2D eigenvalue weighted by Gasteiger charge is -2.25. The molecular weight excluding hydrogens is 571 g/mol. The smallest absolute Gasteiger partial charge is 0.263 e. The fraction of sp³-hybridized carbons (Fsp3) is 0.261. The van der Waals surface area contributed by atoms with E-state index in [4.69, 9.17) is 11.6 Å². The number of aromatic nitrogens is 1. The van der Waals surface area contributed by atoms with Crippen molar-refractivity contribution in [2.24, 2.45) is 0 Å². The Labute approximate surface area is 222 Å². The SMILES string of the molecule is O=S(=O)(Nc1ccc(Sc2ccc(S(=O)(=O)N3CCCCC3)cc2)cn1)c1ccc(C(F)(F)F)cc1Cl. The van der Waals surface area contributed by atoms with Gasteiger partial charge in [-0.3, -0.25) is 4.72 Å². The van der Waals surface area contributed by atoms with E-state index in [0.29, 0.717) is 30.1 Å². The Morgan fingerprint density at radius 3 is 2.11 bits per heavy atom. The Kier molecular flexibility index (Phi) is 8.10. The third kappa shape index (κ3) is 6.58. The van der Waals surface area contributed by atoms with E-state index >= 15 is 0 Å². The fourth-order valence-corrected chi connectivity index (χ4v) is 7.52. The van der Waals surface area contributed by atoms with Gasteiger partial charge in [0.15, 0.2) is 0 Å². The van der Waals surface area contributed by atoms with Crippen LogP contribution in [0.2, 0.25) is 5.02 Å². The van der Waals surface area contributed by atoms with Crippen molar-refractivity contribution < 1.29 is 30.0 Å². The van der Waals surface area contributed by atoms with Crippen molar-refractivity contribution in [1.29, 1.82) is 0 Å². The maximum Gasteiger partial charge on any atom is 0.416 e. The van der Waals surface area contributed by atoms with E-state index in [0.717, 1.165) is 30.2 Å². The van der Waals surface area contributed by atoms with Gasteiger partial charge in [0.25, 0.3) is 10.0 Å². The molecule has 2 aromatic carbocycles. The van der Waals surface area contributed by atoms with Crippen LogP contribution in [0, 0.1) is 0 Å². The molecule has 1 aliphatic rings. The number of benzene rings is 2. The highest BCUT2D eigenvalue weighted by molar-refractivity contribution is 7.99. The molecule has 3 aromatic rings. The number of hydrogen-bond acceptors (Lipinski definition) is 6. The summed E-state index contributed by atoms with van der Waals surface area (Å²) in [7, 11) is -7.81. The third-order valence-corrected chi connectivity index (χ3v) is 10.3. The van der Waals surface area contributed by atoms with E-state index in [1.165, 1.54) is 28.3 Å². The summed E-state index contributed by atoms with van der Waals surface area (Å²) in [6.07, 6.45) is -0.516. The summed E-state index contributed by atoms with van der Waals surface area (Å²) in [5, 5.41) is -0.569. The van der Waals surface area contributed by atoms with E-state index in [2.05, 4.69) is 9.71 Å². The largest absolute Gasteiger partial charge is 0.416 e. The molecule has 4 rings (SSSR count). The van der Waals surface area contributed by atoms with Crippen LogP contribution in [0.1, 0.15) is 24.8 Å². The molecule has 1 aliphatic heterocycles. The van der Waals surface area contributed by atoms with E-state index in [1.807, 2.05) is 0 Å². The molecule has 0 amide bonds. The van der Waals surface area contributed by atoms with Crippen molar-refractivity contribution >= 4 is 49.2 Å². The number of piperidine rings is 1. The van der Waals surface area contributed by atoms with Crippen molar-refractivity contribution in [1.82, 2.24) is 9.29 Å². The Balaban J connectivity index is 1.42. The van der Waals surface area contributed by atoms with E-state index in [9.17, 15) is 30.0 Å². The van der Waals surface area contributed by atoms with Crippen LogP contribution in [0.3, 0.4) is 0 Å². The monoisotopic (exact) mass is 591 g/mol. The first-order valence-electron chi connectivity index (χ1n) is 11.0. The number of nitrogens with one attached hydrogen (secondary N) is 1. The Bertz CT molecular complexity index is 1480. The number of alkyl halides is 3. The molecule has 37 heavy (non-hydrogen) atoms. The van der Waals surface area contributed by atoms with E-state index < -0.39 is 41.7 Å².